The minimum absolute atomic E-state index is 0.405. The quantitative estimate of drug-likeness (QED) is 0.535. The molecule has 0 spiro atoms. The third-order valence-corrected chi connectivity index (χ3v) is 8.12. The zero-order valence-electron chi connectivity index (χ0n) is 12.9. The molecule has 0 N–H and O–H groups in total. The Morgan fingerprint density at radius 1 is 0.857 bits per heavy atom. The maximum Gasteiger partial charge on any atom is 0.0737 e. The number of hydrogen-bond acceptors (Lipinski definition) is 2. The van der Waals surface area contributed by atoms with Gasteiger partial charge in [0.25, 0.3) is 0 Å². The Balaban J connectivity index is 1.64. The van der Waals surface area contributed by atoms with E-state index in [0.717, 1.165) is 11.8 Å². The van der Waals surface area contributed by atoms with Crippen LogP contribution in [-0.4, -0.2) is 34.1 Å². The summed E-state index contributed by atoms with van der Waals surface area (Å²) < 4.78 is 13.0. The summed E-state index contributed by atoms with van der Waals surface area (Å²) in [6.45, 7) is 4.68. The monoisotopic (exact) mass is 420 g/mol. The Morgan fingerprint density at radius 2 is 1.67 bits per heavy atom. The zero-order chi connectivity index (χ0) is 14.7. The van der Waals surface area contributed by atoms with Crippen LogP contribution in [0.3, 0.4) is 0 Å². The highest BCUT2D eigenvalue weighted by molar-refractivity contribution is 9.10. The highest BCUT2D eigenvalue weighted by atomic mass is 79.9. The molecule has 2 saturated heterocycles. The molecule has 0 aromatic heterocycles. The summed E-state index contributed by atoms with van der Waals surface area (Å²) in [5, 5.41) is 0. The molecule has 2 saturated carbocycles. The average Bonchev–Trinajstić information content (AvgIpc) is 2.93. The molecular formula is C17H26Br2O2. The lowest BCUT2D eigenvalue weighted by Gasteiger charge is -2.37. The van der Waals surface area contributed by atoms with Gasteiger partial charge in [-0.05, 0) is 56.8 Å². The van der Waals surface area contributed by atoms with Crippen molar-refractivity contribution in [1.29, 1.82) is 0 Å². The van der Waals surface area contributed by atoms with Gasteiger partial charge in [0.15, 0.2) is 0 Å². The largest absolute Gasteiger partial charge is 0.375 e. The molecule has 0 radical (unpaired) electrons. The minimum atomic E-state index is 0.405. The summed E-state index contributed by atoms with van der Waals surface area (Å²) >= 11 is 7.76. The molecule has 21 heavy (non-hydrogen) atoms. The van der Waals surface area contributed by atoms with E-state index in [4.69, 9.17) is 9.47 Å². The molecular weight excluding hydrogens is 396 g/mol. The van der Waals surface area contributed by atoms with Crippen LogP contribution in [0.25, 0.3) is 0 Å². The number of halogens is 2. The third-order valence-electron chi connectivity index (χ3n) is 6.48. The van der Waals surface area contributed by atoms with E-state index in [2.05, 4.69) is 45.7 Å². The highest BCUT2D eigenvalue weighted by Crippen LogP contribution is 2.54. The number of rotatable bonds is 0. The van der Waals surface area contributed by atoms with Gasteiger partial charge in [0.1, 0.15) is 0 Å². The predicted octanol–water partition coefficient (Wildman–Crippen LogP) is 4.53. The Kier molecular flexibility index (Phi) is 4.22. The number of ether oxygens (including phenoxy) is 2. The van der Waals surface area contributed by atoms with Crippen molar-refractivity contribution in [3.05, 3.63) is 0 Å². The van der Waals surface area contributed by atoms with Crippen LogP contribution in [0.5, 0.6) is 0 Å². The summed E-state index contributed by atoms with van der Waals surface area (Å²) in [4.78, 5) is 1.13. The molecule has 2 aliphatic heterocycles. The number of fused-ring (bicyclic) bond motifs is 5. The number of alkyl halides is 2. The minimum Gasteiger partial charge on any atom is -0.375 e. The second-order valence-corrected chi connectivity index (χ2v) is 10.3. The van der Waals surface area contributed by atoms with Crippen molar-refractivity contribution in [2.24, 2.45) is 23.7 Å². The molecule has 0 bridgehead atoms. The fourth-order valence-electron chi connectivity index (χ4n) is 5.53. The van der Waals surface area contributed by atoms with Crippen molar-refractivity contribution >= 4 is 31.9 Å². The lowest BCUT2D eigenvalue weighted by Crippen LogP contribution is -2.42. The molecule has 4 rings (SSSR count). The van der Waals surface area contributed by atoms with Crippen molar-refractivity contribution in [2.45, 2.75) is 80.0 Å². The predicted molar refractivity (Wildman–Crippen MR) is 91.1 cm³/mol. The van der Waals surface area contributed by atoms with Gasteiger partial charge in [-0.1, -0.05) is 38.8 Å². The van der Waals surface area contributed by atoms with Gasteiger partial charge in [-0.2, -0.15) is 0 Å². The molecule has 0 aromatic rings. The van der Waals surface area contributed by atoms with Gasteiger partial charge in [0.2, 0.25) is 0 Å². The van der Waals surface area contributed by atoms with E-state index in [-0.39, 0.29) is 0 Å². The molecule has 120 valence electrons. The summed E-state index contributed by atoms with van der Waals surface area (Å²) in [5.74, 6) is 2.83. The maximum atomic E-state index is 6.55. The fourth-order valence-corrected chi connectivity index (χ4v) is 7.84. The van der Waals surface area contributed by atoms with Gasteiger partial charge in [-0.3, -0.25) is 0 Å². The summed E-state index contributed by atoms with van der Waals surface area (Å²) in [7, 11) is 0. The molecule has 0 amide bonds. The van der Waals surface area contributed by atoms with Crippen LogP contribution >= 0.6 is 31.9 Å². The van der Waals surface area contributed by atoms with Crippen LogP contribution < -0.4 is 0 Å². The van der Waals surface area contributed by atoms with Gasteiger partial charge in [-0.15, -0.1) is 0 Å². The van der Waals surface area contributed by atoms with Crippen LogP contribution in [0.2, 0.25) is 0 Å². The SMILES string of the molecule is CC1CC2C(C)CCC3OC4C(Br)CC(Br)CC4C3C2O1. The molecule has 2 aliphatic carbocycles. The highest BCUT2D eigenvalue weighted by Gasteiger charge is 2.57. The first kappa shape index (κ1) is 15.4. The van der Waals surface area contributed by atoms with Gasteiger partial charge in [0, 0.05) is 15.6 Å². The third kappa shape index (κ3) is 2.56. The van der Waals surface area contributed by atoms with Crippen LogP contribution in [0.4, 0.5) is 0 Å². The number of hydrogen-bond donors (Lipinski definition) is 0. The topological polar surface area (TPSA) is 18.5 Å². The average molecular weight is 422 g/mol. The summed E-state index contributed by atoms with van der Waals surface area (Å²) in [6, 6.07) is 0. The summed E-state index contributed by atoms with van der Waals surface area (Å²) in [6.07, 6.45) is 7.94. The molecule has 0 aromatic carbocycles. The van der Waals surface area contributed by atoms with Crippen molar-refractivity contribution in [3.8, 4) is 0 Å². The van der Waals surface area contributed by atoms with Gasteiger partial charge in [0.05, 0.1) is 24.4 Å². The van der Waals surface area contributed by atoms with Crippen LogP contribution in [0.15, 0.2) is 0 Å². The lowest BCUT2D eigenvalue weighted by molar-refractivity contribution is -0.0281. The van der Waals surface area contributed by atoms with Gasteiger partial charge >= 0.3 is 0 Å². The molecule has 2 heterocycles. The molecule has 4 heteroatoms. The Morgan fingerprint density at radius 3 is 2.48 bits per heavy atom. The first-order valence-corrected chi connectivity index (χ1v) is 10.5. The van der Waals surface area contributed by atoms with E-state index < -0.39 is 0 Å². The molecule has 10 unspecified atom stereocenters. The van der Waals surface area contributed by atoms with Crippen molar-refractivity contribution < 1.29 is 9.47 Å². The first-order valence-electron chi connectivity index (χ1n) is 8.63. The second kappa shape index (κ2) is 5.75. The zero-order valence-corrected chi connectivity index (χ0v) is 16.1. The molecule has 4 aliphatic rings. The van der Waals surface area contributed by atoms with Crippen molar-refractivity contribution in [2.75, 3.05) is 0 Å². The standard InChI is InChI=1S/C17H26Br2O2/c1-8-3-4-14-15(17-11(8)5-9(2)20-17)12-6-10(18)7-13(19)16(12)21-14/h8-17H,3-7H2,1-2H3. The lowest BCUT2D eigenvalue weighted by atomic mass is 9.73. The van der Waals surface area contributed by atoms with E-state index in [1.165, 1.54) is 32.1 Å². The Labute approximate surface area is 145 Å². The van der Waals surface area contributed by atoms with Crippen LogP contribution in [0.1, 0.15) is 46.0 Å². The van der Waals surface area contributed by atoms with Crippen molar-refractivity contribution in [1.82, 2.24) is 0 Å². The van der Waals surface area contributed by atoms with E-state index in [1.54, 1.807) is 0 Å². The van der Waals surface area contributed by atoms with E-state index in [0.29, 0.717) is 45.9 Å². The fraction of sp³-hybridized carbons (Fsp3) is 1.00. The van der Waals surface area contributed by atoms with Crippen LogP contribution in [0, 0.1) is 23.7 Å². The van der Waals surface area contributed by atoms with Gasteiger partial charge < -0.3 is 9.47 Å². The van der Waals surface area contributed by atoms with E-state index in [1.807, 2.05) is 0 Å². The molecule has 10 atom stereocenters. The van der Waals surface area contributed by atoms with E-state index in [9.17, 15) is 0 Å². The first-order chi connectivity index (χ1) is 10.0. The van der Waals surface area contributed by atoms with Crippen LogP contribution in [-0.2, 0) is 9.47 Å². The smallest absolute Gasteiger partial charge is 0.0737 e. The second-order valence-electron chi connectivity index (χ2n) is 7.83. The summed E-state index contributed by atoms with van der Waals surface area (Å²) in [5.41, 5.74) is 0. The molecule has 2 nitrogen and oxygen atoms in total. The van der Waals surface area contributed by atoms with E-state index >= 15 is 0 Å². The molecule has 4 fully saturated rings. The Bertz CT molecular complexity index is 404. The normalized spacial score (nSPS) is 60.0. The van der Waals surface area contributed by atoms with Crippen molar-refractivity contribution in [3.63, 3.8) is 0 Å². The maximum absolute atomic E-state index is 6.55. The van der Waals surface area contributed by atoms with Gasteiger partial charge in [-0.25, -0.2) is 0 Å². The Hall–Kier alpha value is 0.880.